The Hall–Kier alpha value is -2.96. The van der Waals surface area contributed by atoms with Crippen molar-refractivity contribution in [2.45, 2.75) is 10.6 Å². The zero-order valence-electron chi connectivity index (χ0n) is 17.1. The molecule has 0 amide bonds. The van der Waals surface area contributed by atoms with Gasteiger partial charge in [-0.05, 0) is 54.1 Å². The first-order valence-corrected chi connectivity index (χ1v) is 10.8. The highest BCUT2D eigenvalue weighted by atomic mass is 35.5. The average molecular weight is 457 g/mol. The molecular formula is C24H21ClO5S. The maximum Gasteiger partial charge on any atom is 0.338 e. The maximum atomic E-state index is 12.4. The number of carbonyl (C=O) groups excluding carboxylic acids is 2. The second-order valence-corrected chi connectivity index (χ2v) is 7.99. The lowest BCUT2D eigenvalue weighted by atomic mass is 10.1. The number of thioether (sulfide) groups is 1. The van der Waals surface area contributed by atoms with Gasteiger partial charge in [-0.25, -0.2) is 4.79 Å². The molecule has 0 saturated heterocycles. The van der Waals surface area contributed by atoms with Gasteiger partial charge >= 0.3 is 5.97 Å². The summed E-state index contributed by atoms with van der Waals surface area (Å²) in [5.74, 6) is 0.774. The number of ether oxygens (including phenoxy) is 3. The van der Waals surface area contributed by atoms with E-state index in [1.165, 1.54) is 14.2 Å². The Balaban J connectivity index is 1.54. The normalized spacial score (nSPS) is 10.4. The Labute approximate surface area is 190 Å². The van der Waals surface area contributed by atoms with E-state index in [4.69, 9.17) is 25.8 Å². The minimum absolute atomic E-state index is 0.325. The van der Waals surface area contributed by atoms with Gasteiger partial charge in [0.05, 0.1) is 25.3 Å². The van der Waals surface area contributed by atoms with Crippen LogP contribution in [0.2, 0.25) is 5.02 Å². The summed E-state index contributed by atoms with van der Waals surface area (Å²) < 4.78 is 15.5. The number of hydrogen-bond donors (Lipinski definition) is 0. The van der Waals surface area contributed by atoms with E-state index in [1.54, 1.807) is 42.1 Å². The van der Waals surface area contributed by atoms with E-state index in [0.29, 0.717) is 27.6 Å². The Morgan fingerprint density at radius 1 is 0.903 bits per heavy atom. The molecule has 0 saturated carbocycles. The fraction of sp³-hybridized carbons (Fsp3) is 0.167. The summed E-state index contributed by atoms with van der Waals surface area (Å²) in [6, 6.07) is 19.6. The maximum absolute atomic E-state index is 12.4. The number of esters is 1. The Bertz CT molecular complexity index is 1050. The van der Waals surface area contributed by atoms with Gasteiger partial charge in [0.15, 0.2) is 6.61 Å². The Kier molecular flexibility index (Phi) is 7.98. The number of methoxy groups -OCH3 is 2. The van der Waals surface area contributed by atoms with Gasteiger partial charge < -0.3 is 14.2 Å². The van der Waals surface area contributed by atoms with Crippen LogP contribution in [0.5, 0.6) is 11.5 Å². The summed E-state index contributed by atoms with van der Waals surface area (Å²) in [5, 5.41) is 0.705. The molecule has 0 aliphatic carbocycles. The molecule has 3 rings (SSSR count). The predicted molar refractivity (Wildman–Crippen MR) is 122 cm³/mol. The van der Waals surface area contributed by atoms with E-state index in [2.05, 4.69) is 0 Å². The van der Waals surface area contributed by atoms with Crippen LogP contribution < -0.4 is 9.47 Å². The summed E-state index contributed by atoms with van der Waals surface area (Å²) in [6.45, 7) is -0.379. The fourth-order valence-corrected chi connectivity index (χ4v) is 3.74. The van der Waals surface area contributed by atoms with Crippen molar-refractivity contribution in [1.82, 2.24) is 0 Å². The SMILES string of the molecule is COc1ccc(C(=O)COC(=O)c2ccc(CSc3ccc(Cl)cc3)cc2)c(OC)c1. The van der Waals surface area contributed by atoms with Crippen molar-refractivity contribution in [3.05, 3.63) is 88.4 Å². The van der Waals surface area contributed by atoms with E-state index in [0.717, 1.165) is 16.2 Å². The number of benzene rings is 3. The van der Waals surface area contributed by atoms with E-state index < -0.39 is 5.97 Å². The topological polar surface area (TPSA) is 61.8 Å². The van der Waals surface area contributed by atoms with Crippen LogP contribution >= 0.6 is 23.4 Å². The highest BCUT2D eigenvalue weighted by Gasteiger charge is 2.16. The van der Waals surface area contributed by atoms with Crippen LogP contribution in [0.4, 0.5) is 0 Å². The van der Waals surface area contributed by atoms with E-state index in [9.17, 15) is 9.59 Å². The van der Waals surface area contributed by atoms with Gasteiger partial charge in [0.25, 0.3) is 0 Å². The van der Waals surface area contributed by atoms with E-state index >= 15 is 0 Å². The first-order valence-electron chi connectivity index (χ1n) is 9.40. The van der Waals surface area contributed by atoms with Crippen LogP contribution in [0, 0.1) is 0 Å². The first-order chi connectivity index (χ1) is 15.0. The van der Waals surface area contributed by atoms with E-state index in [1.807, 2.05) is 36.4 Å². The Morgan fingerprint density at radius 2 is 1.61 bits per heavy atom. The zero-order valence-corrected chi connectivity index (χ0v) is 18.7. The second-order valence-electron chi connectivity index (χ2n) is 6.51. The average Bonchev–Trinajstić information content (AvgIpc) is 2.81. The van der Waals surface area contributed by atoms with Crippen LogP contribution in [0.1, 0.15) is 26.3 Å². The molecule has 160 valence electrons. The van der Waals surface area contributed by atoms with Gasteiger partial charge in [0.2, 0.25) is 5.78 Å². The van der Waals surface area contributed by atoms with Crippen LogP contribution in [0.15, 0.2) is 71.6 Å². The van der Waals surface area contributed by atoms with Crippen molar-refractivity contribution in [2.24, 2.45) is 0 Å². The minimum atomic E-state index is -0.558. The van der Waals surface area contributed by atoms with Crippen molar-refractivity contribution in [1.29, 1.82) is 0 Å². The van der Waals surface area contributed by atoms with Crippen LogP contribution in [-0.2, 0) is 10.5 Å². The summed E-state index contributed by atoms with van der Waals surface area (Å²) in [5.41, 5.74) is 1.77. The molecule has 0 unspecified atom stereocenters. The van der Waals surface area contributed by atoms with Gasteiger partial charge in [-0.2, -0.15) is 0 Å². The zero-order chi connectivity index (χ0) is 22.2. The molecule has 3 aromatic carbocycles. The summed E-state index contributed by atoms with van der Waals surface area (Å²) in [6.07, 6.45) is 0. The van der Waals surface area contributed by atoms with Gasteiger partial charge in [-0.15, -0.1) is 11.8 Å². The number of carbonyl (C=O) groups is 2. The third-order valence-corrected chi connectivity index (χ3v) is 5.79. The molecule has 31 heavy (non-hydrogen) atoms. The van der Waals surface area contributed by atoms with Crippen molar-refractivity contribution in [2.75, 3.05) is 20.8 Å². The number of rotatable bonds is 9. The summed E-state index contributed by atoms with van der Waals surface area (Å²) in [7, 11) is 2.99. The molecule has 0 aromatic heterocycles. The molecule has 0 spiro atoms. The molecule has 0 aliphatic heterocycles. The lowest BCUT2D eigenvalue weighted by molar-refractivity contribution is 0.0474. The highest BCUT2D eigenvalue weighted by Crippen LogP contribution is 2.26. The predicted octanol–water partition coefficient (Wildman–Crippen LogP) is 5.69. The third kappa shape index (κ3) is 6.26. The van der Waals surface area contributed by atoms with Crippen LogP contribution in [-0.4, -0.2) is 32.6 Å². The molecule has 0 radical (unpaired) electrons. The largest absolute Gasteiger partial charge is 0.497 e. The quantitative estimate of drug-likeness (QED) is 0.234. The molecular weight excluding hydrogens is 436 g/mol. The molecule has 3 aromatic rings. The van der Waals surface area contributed by atoms with Crippen molar-refractivity contribution in [3.63, 3.8) is 0 Å². The number of ketones is 1. The number of hydrogen-bond acceptors (Lipinski definition) is 6. The van der Waals surface area contributed by atoms with Gasteiger partial charge in [-0.1, -0.05) is 23.7 Å². The third-order valence-electron chi connectivity index (χ3n) is 4.45. The Morgan fingerprint density at radius 3 is 2.26 bits per heavy atom. The standard InChI is InChI=1S/C24H21ClO5S/c1-28-19-9-12-21(23(13-19)29-2)22(26)14-30-24(27)17-5-3-16(4-6-17)15-31-20-10-7-18(25)8-11-20/h3-13H,14-15H2,1-2H3. The summed E-state index contributed by atoms with van der Waals surface area (Å²) in [4.78, 5) is 25.9. The van der Waals surface area contributed by atoms with Crippen LogP contribution in [0.25, 0.3) is 0 Å². The van der Waals surface area contributed by atoms with Gasteiger partial charge in [-0.3, -0.25) is 4.79 Å². The lowest BCUT2D eigenvalue weighted by Crippen LogP contribution is -2.15. The molecule has 0 heterocycles. The first kappa shape index (κ1) is 22.7. The molecule has 0 bridgehead atoms. The smallest absolute Gasteiger partial charge is 0.338 e. The summed E-state index contributed by atoms with van der Waals surface area (Å²) >= 11 is 7.57. The monoisotopic (exact) mass is 456 g/mol. The van der Waals surface area contributed by atoms with Gasteiger partial charge in [0, 0.05) is 21.7 Å². The van der Waals surface area contributed by atoms with Gasteiger partial charge in [0.1, 0.15) is 11.5 Å². The molecule has 0 atom stereocenters. The van der Waals surface area contributed by atoms with Crippen molar-refractivity contribution >= 4 is 35.1 Å². The van der Waals surface area contributed by atoms with E-state index in [-0.39, 0.29) is 12.4 Å². The van der Waals surface area contributed by atoms with Crippen LogP contribution in [0.3, 0.4) is 0 Å². The van der Waals surface area contributed by atoms with Crippen molar-refractivity contribution in [3.8, 4) is 11.5 Å². The lowest BCUT2D eigenvalue weighted by Gasteiger charge is -2.10. The molecule has 0 fully saturated rings. The second kappa shape index (κ2) is 10.9. The number of halogens is 1. The minimum Gasteiger partial charge on any atom is -0.497 e. The molecule has 5 nitrogen and oxygen atoms in total. The highest BCUT2D eigenvalue weighted by molar-refractivity contribution is 7.98. The molecule has 0 aliphatic rings. The fourth-order valence-electron chi connectivity index (χ4n) is 2.76. The molecule has 0 N–H and O–H groups in total. The molecule has 7 heteroatoms. The van der Waals surface area contributed by atoms with Crippen molar-refractivity contribution < 1.29 is 23.8 Å². The number of Topliss-reactive ketones (excluding diaryl/α,β-unsaturated/α-hetero) is 1.